The summed E-state index contributed by atoms with van der Waals surface area (Å²) < 4.78 is 4.10. The Kier molecular flexibility index (Phi) is 6.62. The number of hydrogen-bond donors (Lipinski definition) is 1. The fourth-order valence-corrected chi connectivity index (χ4v) is 0.262. The average Bonchev–Trinajstić information content (AvgIpc) is 1.87. The van der Waals surface area contributed by atoms with Gasteiger partial charge in [0.15, 0.2) is 0 Å². The summed E-state index contributed by atoms with van der Waals surface area (Å²) in [7, 11) is 4.97. The van der Waals surface area contributed by atoms with Crippen molar-refractivity contribution in [1.82, 2.24) is 4.98 Å². The first-order valence-electron chi connectivity index (χ1n) is 1.65. The molecule has 0 fully saturated rings. The minimum atomic E-state index is -0.572. The number of oxazole rings is 1. The molecule has 1 N–H and O–H groups in total. The summed E-state index contributed by atoms with van der Waals surface area (Å²) in [6.45, 7) is 0. The molecule has 0 saturated carbocycles. The molecule has 0 amide bonds. The van der Waals surface area contributed by atoms with Crippen LogP contribution in [-0.2, 0) is 32.7 Å². The maximum atomic E-state index is 9.96. The van der Waals surface area contributed by atoms with E-state index in [-0.39, 0.29) is 45.7 Å². The summed E-state index contributed by atoms with van der Waals surface area (Å²) in [5, 5.41) is 0. The summed E-state index contributed by atoms with van der Waals surface area (Å²) in [5.41, 5.74) is 0.130. The molecular formula is C4H4BNO2Y-2. The summed E-state index contributed by atoms with van der Waals surface area (Å²) in [6, 6.07) is 0. The number of aromatic amines is 1. The smallest absolute Gasteiger partial charge is 0.249 e. The minimum Gasteiger partial charge on any atom is -0.601 e. The molecule has 0 spiro atoms. The number of aromatic nitrogens is 1. The monoisotopic (exact) mass is 198 g/mol. The fraction of sp³-hybridized carbons (Fsp3) is 0. The van der Waals surface area contributed by atoms with E-state index in [9.17, 15) is 4.79 Å². The van der Waals surface area contributed by atoms with Crippen LogP contribution >= 0.6 is 0 Å². The molecule has 0 saturated heterocycles. The van der Waals surface area contributed by atoms with Crippen LogP contribution < -0.4 is 11.3 Å². The van der Waals surface area contributed by atoms with E-state index >= 15 is 0 Å². The normalized spacial score (nSPS) is 7.11. The predicted molar refractivity (Wildman–Crippen MR) is 30.0 cm³/mol. The van der Waals surface area contributed by atoms with Gasteiger partial charge < -0.3 is 21.6 Å². The number of nitrogens with one attached hydrogen (secondary N) is 1. The van der Waals surface area contributed by atoms with Crippen LogP contribution in [0.3, 0.4) is 0 Å². The van der Waals surface area contributed by atoms with Gasteiger partial charge >= 0.3 is 0 Å². The number of H-pyrrole nitrogens is 1. The first-order chi connectivity index (χ1) is 3.29. The van der Waals surface area contributed by atoms with Gasteiger partial charge in [0.05, 0.1) is 0 Å². The van der Waals surface area contributed by atoms with Gasteiger partial charge in [0.2, 0.25) is 5.76 Å². The Balaban J connectivity index is 0. The van der Waals surface area contributed by atoms with Crippen LogP contribution in [0.15, 0.2) is 9.21 Å². The molecule has 0 aromatic carbocycles. The Bertz CT molecular complexity index is 206. The van der Waals surface area contributed by atoms with E-state index in [1.54, 1.807) is 0 Å². The molecule has 0 atom stereocenters. The maximum absolute atomic E-state index is 9.96. The van der Waals surface area contributed by atoms with Crippen molar-refractivity contribution >= 4 is 13.4 Å². The van der Waals surface area contributed by atoms with Crippen molar-refractivity contribution in [2.75, 3.05) is 0 Å². The van der Waals surface area contributed by atoms with Gasteiger partial charge in [0, 0.05) is 32.7 Å². The second-order valence-electron chi connectivity index (χ2n) is 1.03. The van der Waals surface area contributed by atoms with Gasteiger partial charge in [0.1, 0.15) is 7.85 Å². The third kappa shape index (κ3) is 3.71. The van der Waals surface area contributed by atoms with Gasteiger partial charge in [-0.1, -0.05) is 6.26 Å². The molecule has 0 aliphatic carbocycles. The largest absolute Gasteiger partial charge is 0.601 e. The van der Waals surface area contributed by atoms with E-state index in [1.165, 1.54) is 0 Å². The van der Waals surface area contributed by atoms with Crippen molar-refractivity contribution in [3.63, 3.8) is 0 Å². The quantitative estimate of drug-likeness (QED) is 0.429. The Hall–Kier alpha value is 0.179. The molecule has 1 rings (SSSR count). The van der Waals surface area contributed by atoms with Gasteiger partial charge in [-0.2, -0.15) is 0 Å². The third-order valence-corrected chi connectivity index (χ3v) is 0.490. The molecule has 1 heterocycles. The Morgan fingerprint density at radius 3 is 2.33 bits per heavy atom. The summed E-state index contributed by atoms with van der Waals surface area (Å²) in [4.78, 5) is 12.1. The maximum Gasteiger partial charge on any atom is 0.249 e. The van der Waals surface area contributed by atoms with Crippen LogP contribution in [0.4, 0.5) is 0 Å². The van der Waals surface area contributed by atoms with E-state index in [2.05, 4.69) is 15.7 Å². The van der Waals surface area contributed by atoms with Gasteiger partial charge in [-0.25, -0.2) is 0 Å². The van der Waals surface area contributed by atoms with E-state index in [1.807, 2.05) is 0 Å². The Labute approximate surface area is 79.5 Å². The molecular weight excluding hydrogens is 194 g/mol. The van der Waals surface area contributed by atoms with E-state index in [0.717, 1.165) is 0 Å². The fourth-order valence-electron chi connectivity index (χ4n) is 0.262. The average molecular weight is 198 g/mol. The zero-order chi connectivity index (χ0) is 5.28. The first kappa shape index (κ1) is 11.9. The van der Waals surface area contributed by atoms with Gasteiger partial charge in [-0.3, -0.25) is 0 Å². The second-order valence-corrected chi connectivity index (χ2v) is 1.03. The first-order valence-corrected chi connectivity index (χ1v) is 1.65. The van der Waals surface area contributed by atoms with Crippen molar-refractivity contribution < 1.29 is 37.1 Å². The van der Waals surface area contributed by atoms with Gasteiger partial charge in [0.25, 0.3) is 0 Å². The van der Waals surface area contributed by atoms with E-state index < -0.39 is 5.76 Å². The molecule has 1 aromatic rings. The van der Waals surface area contributed by atoms with Gasteiger partial charge in [-0.15, -0.1) is 5.59 Å². The summed E-state index contributed by atoms with van der Waals surface area (Å²) >= 11 is 0. The van der Waals surface area contributed by atoms with Crippen molar-refractivity contribution in [3.8, 4) is 0 Å². The van der Waals surface area contributed by atoms with E-state index in [0.29, 0.717) is 0 Å². The third-order valence-electron chi connectivity index (χ3n) is 0.490. The van der Waals surface area contributed by atoms with Crippen LogP contribution in [0.2, 0.25) is 0 Å². The SMILES string of the molecule is [B]c1[c-]oc(=O)[nH]1.[CH3-].[Y]. The molecule has 0 unspecified atom stereocenters. The Morgan fingerprint density at radius 2 is 2.22 bits per heavy atom. The number of rotatable bonds is 0. The van der Waals surface area contributed by atoms with Crippen LogP contribution in [0, 0.1) is 13.7 Å². The molecule has 1 aromatic heterocycles. The minimum absolute atomic E-state index is 0. The van der Waals surface area contributed by atoms with Crippen LogP contribution in [0.25, 0.3) is 0 Å². The molecule has 0 aliphatic rings. The second kappa shape index (κ2) is 5.00. The van der Waals surface area contributed by atoms with Crippen LogP contribution in [0.5, 0.6) is 0 Å². The topological polar surface area (TPSA) is 46.0 Å². The molecule has 0 bridgehead atoms. The van der Waals surface area contributed by atoms with Gasteiger partial charge in [-0.05, 0) is 0 Å². The van der Waals surface area contributed by atoms with Crippen molar-refractivity contribution in [2.24, 2.45) is 0 Å². The molecule has 3 nitrogen and oxygen atoms in total. The summed E-state index contributed by atoms with van der Waals surface area (Å²) in [6.07, 6.45) is 2.10. The molecule has 0 aliphatic heterocycles. The molecule has 3 radical (unpaired) electrons. The number of hydrogen-bond acceptors (Lipinski definition) is 2. The predicted octanol–water partition coefficient (Wildman–Crippen LogP) is -0.990. The van der Waals surface area contributed by atoms with Crippen LogP contribution in [0.1, 0.15) is 0 Å². The molecule has 9 heavy (non-hydrogen) atoms. The molecule has 45 valence electrons. The molecule has 5 heteroatoms. The Morgan fingerprint density at radius 1 is 1.67 bits per heavy atom. The van der Waals surface area contributed by atoms with E-state index in [4.69, 9.17) is 7.85 Å². The van der Waals surface area contributed by atoms with Crippen molar-refractivity contribution in [1.29, 1.82) is 0 Å². The zero-order valence-corrected chi connectivity index (χ0v) is 7.81. The van der Waals surface area contributed by atoms with Crippen molar-refractivity contribution in [3.05, 3.63) is 24.2 Å². The van der Waals surface area contributed by atoms with Crippen LogP contribution in [-0.4, -0.2) is 12.8 Å². The summed E-state index contributed by atoms with van der Waals surface area (Å²) in [5.74, 6) is -0.572. The standard InChI is InChI=1S/C3HBNO2.CH3.Y/c4-2-1-7-3(6)5-2;;/h(H,5,6);1H3;/q2*-1;. The zero-order valence-electron chi connectivity index (χ0n) is 4.97. The van der Waals surface area contributed by atoms with Crippen molar-refractivity contribution in [2.45, 2.75) is 0 Å².